The van der Waals surface area contributed by atoms with E-state index in [0.717, 1.165) is 18.8 Å². The van der Waals surface area contributed by atoms with Gasteiger partial charge in [0, 0.05) is 0 Å². The van der Waals surface area contributed by atoms with Gasteiger partial charge in [0.1, 0.15) is 5.75 Å². The second-order valence-electron chi connectivity index (χ2n) is 5.21. The minimum absolute atomic E-state index is 0.608. The molecule has 0 aromatic heterocycles. The van der Waals surface area contributed by atoms with Crippen molar-refractivity contribution in [1.29, 1.82) is 0 Å². The van der Waals surface area contributed by atoms with Crippen LogP contribution in [0.3, 0.4) is 0 Å². The fraction of sp³-hybridized carbons (Fsp3) is 0.333. The lowest BCUT2D eigenvalue weighted by atomic mass is 10.0. The lowest BCUT2D eigenvalue weighted by Gasteiger charge is -2.11. The molecule has 0 aliphatic heterocycles. The highest BCUT2D eigenvalue weighted by Gasteiger charge is 2.01. The molecule has 0 fully saturated rings. The van der Waals surface area contributed by atoms with E-state index >= 15 is 0 Å². The number of hydrogen-bond acceptors (Lipinski definition) is 1. The smallest absolute Gasteiger partial charge is 0.119 e. The van der Waals surface area contributed by atoms with E-state index in [4.69, 9.17) is 4.74 Å². The van der Waals surface area contributed by atoms with Crippen molar-refractivity contribution in [3.05, 3.63) is 54.1 Å². The van der Waals surface area contributed by atoms with Gasteiger partial charge in [-0.1, -0.05) is 62.2 Å². The summed E-state index contributed by atoms with van der Waals surface area (Å²) in [7, 11) is 0. The summed E-state index contributed by atoms with van der Waals surface area (Å²) in [6.45, 7) is 7.30. The molecule has 1 unspecified atom stereocenters. The summed E-state index contributed by atoms with van der Waals surface area (Å²) in [5.41, 5.74) is 3.77. The Balaban J connectivity index is 2.04. The average Bonchev–Trinajstić information content (AvgIpc) is 2.46. The maximum Gasteiger partial charge on any atom is 0.119 e. The molecule has 0 heterocycles. The zero-order chi connectivity index (χ0) is 13.7. The Morgan fingerprint density at radius 1 is 0.895 bits per heavy atom. The van der Waals surface area contributed by atoms with Crippen molar-refractivity contribution in [1.82, 2.24) is 0 Å². The van der Waals surface area contributed by atoms with Gasteiger partial charge in [-0.2, -0.15) is 0 Å². The molecule has 0 spiro atoms. The third-order valence-electron chi connectivity index (χ3n) is 3.47. The molecular formula is C18H22O. The van der Waals surface area contributed by atoms with Crippen LogP contribution in [0.2, 0.25) is 0 Å². The highest BCUT2D eigenvalue weighted by molar-refractivity contribution is 5.64. The van der Waals surface area contributed by atoms with Crippen molar-refractivity contribution < 1.29 is 4.74 Å². The van der Waals surface area contributed by atoms with Gasteiger partial charge in [-0.15, -0.1) is 0 Å². The molecule has 19 heavy (non-hydrogen) atoms. The van der Waals surface area contributed by atoms with Gasteiger partial charge in [0.25, 0.3) is 0 Å². The van der Waals surface area contributed by atoms with Crippen molar-refractivity contribution in [2.24, 2.45) is 5.92 Å². The molecule has 0 amide bonds. The van der Waals surface area contributed by atoms with Gasteiger partial charge in [-0.05, 0) is 36.1 Å². The summed E-state index contributed by atoms with van der Waals surface area (Å²) in [4.78, 5) is 0. The molecule has 0 aliphatic rings. The van der Waals surface area contributed by atoms with Crippen molar-refractivity contribution in [3.8, 4) is 16.9 Å². The van der Waals surface area contributed by atoms with Crippen molar-refractivity contribution in [2.75, 3.05) is 6.61 Å². The van der Waals surface area contributed by atoms with Crippen LogP contribution in [0.4, 0.5) is 0 Å². The number of ether oxygens (including phenoxy) is 1. The molecule has 2 aromatic carbocycles. The molecule has 1 atom stereocenters. The molecule has 2 rings (SSSR count). The summed E-state index contributed by atoms with van der Waals surface area (Å²) in [5, 5.41) is 0. The molecular weight excluding hydrogens is 232 g/mol. The monoisotopic (exact) mass is 254 g/mol. The third-order valence-corrected chi connectivity index (χ3v) is 3.47. The minimum atomic E-state index is 0.608. The molecule has 2 aromatic rings. The Labute approximate surface area is 116 Å². The van der Waals surface area contributed by atoms with Gasteiger partial charge in [0.2, 0.25) is 0 Å². The highest BCUT2D eigenvalue weighted by Crippen LogP contribution is 2.23. The Morgan fingerprint density at radius 3 is 1.95 bits per heavy atom. The normalized spacial score (nSPS) is 12.2. The van der Waals surface area contributed by atoms with Gasteiger partial charge < -0.3 is 4.74 Å². The fourth-order valence-corrected chi connectivity index (χ4v) is 1.85. The molecule has 0 N–H and O–H groups in total. The van der Waals surface area contributed by atoms with Gasteiger partial charge in [-0.3, -0.25) is 0 Å². The second-order valence-corrected chi connectivity index (χ2v) is 5.21. The predicted octanol–water partition coefficient (Wildman–Crippen LogP) is 5.09. The fourth-order valence-electron chi connectivity index (χ4n) is 1.85. The van der Waals surface area contributed by atoms with Crippen molar-refractivity contribution in [2.45, 2.75) is 27.2 Å². The first kappa shape index (κ1) is 13.7. The molecule has 100 valence electrons. The van der Waals surface area contributed by atoms with Crippen LogP contribution in [-0.2, 0) is 0 Å². The standard InChI is InChI=1S/C18H22O/c1-4-14(2)13-19-18-11-9-17(10-12-18)16-7-5-15(3)6-8-16/h5-12,14H,4,13H2,1-3H3. The second kappa shape index (κ2) is 6.42. The zero-order valence-corrected chi connectivity index (χ0v) is 12.0. The molecule has 0 aliphatic carbocycles. The van der Waals surface area contributed by atoms with Gasteiger partial charge in [-0.25, -0.2) is 0 Å². The van der Waals surface area contributed by atoms with E-state index < -0.39 is 0 Å². The summed E-state index contributed by atoms with van der Waals surface area (Å²) in [6.07, 6.45) is 1.15. The van der Waals surface area contributed by atoms with Gasteiger partial charge in [0.05, 0.1) is 6.61 Å². The quantitative estimate of drug-likeness (QED) is 0.722. The van der Waals surface area contributed by atoms with Crippen LogP contribution >= 0.6 is 0 Å². The number of aryl methyl sites for hydroxylation is 1. The summed E-state index contributed by atoms with van der Waals surface area (Å²) < 4.78 is 5.77. The molecule has 1 nitrogen and oxygen atoms in total. The SMILES string of the molecule is CCC(C)COc1ccc(-c2ccc(C)cc2)cc1. The summed E-state index contributed by atoms with van der Waals surface area (Å²) in [5.74, 6) is 1.56. The molecule has 0 radical (unpaired) electrons. The van der Waals surface area contributed by atoms with Crippen molar-refractivity contribution >= 4 is 0 Å². The van der Waals surface area contributed by atoms with E-state index in [1.54, 1.807) is 0 Å². The number of hydrogen-bond donors (Lipinski definition) is 0. The molecule has 0 saturated carbocycles. The topological polar surface area (TPSA) is 9.23 Å². The van der Waals surface area contributed by atoms with Crippen LogP contribution in [0, 0.1) is 12.8 Å². The highest BCUT2D eigenvalue weighted by atomic mass is 16.5. The van der Waals surface area contributed by atoms with Crippen LogP contribution in [0.25, 0.3) is 11.1 Å². The first-order valence-electron chi connectivity index (χ1n) is 6.99. The van der Waals surface area contributed by atoms with E-state index in [9.17, 15) is 0 Å². The average molecular weight is 254 g/mol. The Kier molecular flexibility index (Phi) is 4.62. The van der Waals surface area contributed by atoms with E-state index in [-0.39, 0.29) is 0 Å². The molecule has 1 heteroatoms. The van der Waals surface area contributed by atoms with Crippen LogP contribution in [0.5, 0.6) is 5.75 Å². The lowest BCUT2D eigenvalue weighted by Crippen LogP contribution is -2.06. The van der Waals surface area contributed by atoms with E-state index in [0.29, 0.717) is 5.92 Å². The molecule has 0 bridgehead atoms. The van der Waals surface area contributed by atoms with Crippen LogP contribution in [-0.4, -0.2) is 6.61 Å². The zero-order valence-electron chi connectivity index (χ0n) is 12.0. The first-order chi connectivity index (χ1) is 9.19. The van der Waals surface area contributed by atoms with Crippen LogP contribution < -0.4 is 4.74 Å². The van der Waals surface area contributed by atoms with Crippen molar-refractivity contribution in [3.63, 3.8) is 0 Å². The Morgan fingerprint density at radius 2 is 1.42 bits per heavy atom. The minimum Gasteiger partial charge on any atom is -0.493 e. The van der Waals surface area contributed by atoms with Gasteiger partial charge in [0.15, 0.2) is 0 Å². The maximum absolute atomic E-state index is 5.77. The van der Waals surface area contributed by atoms with E-state index in [1.165, 1.54) is 16.7 Å². The van der Waals surface area contributed by atoms with E-state index in [2.05, 4.69) is 69.3 Å². The third kappa shape index (κ3) is 3.85. The summed E-state index contributed by atoms with van der Waals surface area (Å²) >= 11 is 0. The van der Waals surface area contributed by atoms with Crippen LogP contribution in [0.15, 0.2) is 48.5 Å². The number of benzene rings is 2. The maximum atomic E-state index is 5.77. The van der Waals surface area contributed by atoms with E-state index in [1.807, 2.05) is 0 Å². The largest absolute Gasteiger partial charge is 0.493 e. The summed E-state index contributed by atoms with van der Waals surface area (Å²) in [6, 6.07) is 16.9. The Hall–Kier alpha value is -1.76. The Bertz CT molecular complexity index is 496. The molecule has 0 saturated heterocycles. The van der Waals surface area contributed by atoms with Crippen LogP contribution in [0.1, 0.15) is 25.8 Å². The number of rotatable bonds is 5. The van der Waals surface area contributed by atoms with Gasteiger partial charge >= 0.3 is 0 Å². The predicted molar refractivity (Wildman–Crippen MR) is 81.6 cm³/mol. The lowest BCUT2D eigenvalue weighted by molar-refractivity contribution is 0.256. The first-order valence-corrected chi connectivity index (χ1v) is 6.99.